The highest BCUT2D eigenvalue weighted by Crippen LogP contribution is 2.12. The molecule has 0 aliphatic rings. The highest BCUT2D eigenvalue weighted by molar-refractivity contribution is 5.77. The first-order valence-corrected chi connectivity index (χ1v) is 9.54. The quantitative estimate of drug-likeness (QED) is 0.301. The predicted molar refractivity (Wildman–Crippen MR) is 93.5 cm³/mol. The number of ether oxygens (including phenoxy) is 1. The van der Waals surface area contributed by atoms with Gasteiger partial charge in [0, 0.05) is 6.42 Å². The monoisotopic (exact) mass is 328 g/mol. The molecule has 0 amide bonds. The largest absolute Gasteiger partial charge is 0.479 e. The van der Waals surface area contributed by atoms with Crippen molar-refractivity contribution in [3.63, 3.8) is 0 Å². The van der Waals surface area contributed by atoms with Gasteiger partial charge in [0.1, 0.15) is 0 Å². The van der Waals surface area contributed by atoms with Gasteiger partial charge in [-0.3, -0.25) is 4.79 Å². The molecule has 0 spiro atoms. The summed E-state index contributed by atoms with van der Waals surface area (Å²) in [7, 11) is 0. The van der Waals surface area contributed by atoms with Crippen LogP contribution < -0.4 is 0 Å². The molecule has 1 N–H and O–H groups in total. The number of aliphatic carboxylic acids is 1. The van der Waals surface area contributed by atoms with Gasteiger partial charge < -0.3 is 9.84 Å². The molecule has 0 fully saturated rings. The standard InChI is InChI=1S/C19H36O4/c1-3-5-7-8-9-10-11-12-14-16-18(20)23-17(19(21)22)15-13-6-4-2/h17H,3-16H2,1-2H3,(H,21,22). The number of unbranched alkanes of at least 4 members (excludes halogenated alkanes) is 10. The summed E-state index contributed by atoms with van der Waals surface area (Å²) in [6.07, 6.45) is 13.3. The van der Waals surface area contributed by atoms with Crippen LogP contribution in [0.25, 0.3) is 0 Å². The highest BCUT2D eigenvalue weighted by atomic mass is 16.6. The normalized spacial score (nSPS) is 12.1. The van der Waals surface area contributed by atoms with Crippen LogP contribution in [-0.4, -0.2) is 23.1 Å². The Balaban J connectivity index is 3.61. The second kappa shape index (κ2) is 15.8. The average Bonchev–Trinajstić information content (AvgIpc) is 2.52. The van der Waals surface area contributed by atoms with Gasteiger partial charge in [0.25, 0.3) is 0 Å². The molecule has 0 saturated carbocycles. The van der Waals surface area contributed by atoms with Crippen LogP contribution in [0.1, 0.15) is 104 Å². The van der Waals surface area contributed by atoms with Crippen molar-refractivity contribution in [3.05, 3.63) is 0 Å². The first-order valence-electron chi connectivity index (χ1n) is 9.54. The molecule has 4 heteroatoms. The van der Waals surface area contributed by atoms with Gasteiger partial charge in [-0.2, -0.15) is 0 Å². The fraction of sp³-hybridized carbons (Fsp3) is 0.895. The third kappa shape index (κ3) is 14.3. The molecule has 0 aliphatic carbocycles. The van der Waals surface area contributed by atoms with Crippen molar-refractivity contribution in [1.82, 2.24) is 0 Å². The number of hydrogen-bond acceptors (Lipinski definition) is 3. The summed E-state index contributed by atoms with van der Waals surface area (Å²) < 4.78 is 5.09. The maximum Gasteiger partial charge on any atom is 0.345 e. The van der Waals surface area contributed by atoms with E-state index in [4.69, 9.17) is 9.84 Å². The van der Waals surface area contributed by atoms with Gasteiger partial charge in [-0.05, 0) is 19.3 Å². The Morgan fingerprint density at radius 2 is 1.26 bits per heavy atom. The Morgan fingerprint density at radius 1 is 0.783 bits per heavy atom. The molecule has 0 aliphatic heterocycles. The second-order valence-electron chi connectivity index (χ2n) is 6.39. The summed E-state index contributed by atoms with van der Waals surface area (Å²) in [5.74, 6) is -1.39. The summed E-state index contributed by atoms with van der Waals surface area (Å²) in [5, 5.41) is 9.07. The second-order valence-corrected chi connectivity index (χ2v) is 6.39. The molecule has 1 unspecified atom stereocenters. The minimum atomic E-state index is -1.03. The number of carbonyl (C=O) groups is 2. The smallest absolute Gasteiger partial charge is 0.345 e. The molecule has 0 heterocycles. The Bertz CT molecular complexity index is 302. The van der Waals surface area contributed by atoms with Crippen LogP contribution in [0.4, 0.5) is 0 Å². The summed E-state index contributed by atoms with van der Waals surface area (Å²) >= 11 is 0. The molecule has 23 heavy (non-hydrogen) atoms. The summed E-state index contributed by atoms with van der Waals surface area (Å²) in [6, 6.07) is 0. The minimum Gasteiger partial charge on any atom is -0.479 e. The van der Waals surface area contributed by atoms with E-state index in [0.29, 0.717) is 12.8 Å². The zero-order valence-corrected chi connectivity index (χ0v) is 15.1. The molecule has 0 aromatic carbocycles. The highest BCUT2D eigenvalue weighted by Gasteiger charge is 2.21. The van der Waals surface area contributed by atoms with E-state index in [0.717, 1.165) is 38.5 Å². The number of rotatable bonds is 16. The van der Waals surface area contributed by atoms with Crippen molar-refractivity contribution in [1.29, 1.82) is 0 Å². The zero-order chi connectivity index (χ0) is 17.3. The van der Waals surface area contributed by atoms with Gasteiger partial charge in [0.05, 0.1) is 0 Å². The first-order chi connectivity index (χ1) is 11.1. The van der Waals surface area contributed by atoms with Gasteiger partial charge in [-0.1, -0.05) is 78.1 Å². The molecule has 0 rings (SSSR count). The molecular formula is C19H36O4. The lowest BCUT2D eigenvalue weighted by Crippen LogP contribution is -2.26. The maximum absolute atomic E-state index is 11.7. The third-order valence-corrected chi connectivity index (χ3v) is 4.10. The van der Waals surface area contributed by atoms with Crippen LogP contribution in [0.2, 0.25) is 0 Å². The molecule has 0 saturated heterocycles. The fourth-order valence-corrected chi connectivity index (χ4v) is 2.61. The van der Waals surface area contributed by atoms with Crippen LogP contribution in [0.15, 0.2) is 0 Å². The first kappa shape index (κ1) is 21.9. The number of esters is 1. The van der Waals surface area contributed by atoms with Crippen LogP contribution in [0.3, 0.4) is 0 Å². The zero-order valence-electron chi connectivity index (χ0n) is 15.1. The Morgan fingerprint density at radius 3 is 1.78 bits per heavy atom. The third-order valence-electron chi connectivity index (χ3n) is 4.10. The van der Waals surface area contributed by atoms with Gasteiger partial charge in [-0.25, -0.2) is 4.79 Å². The van der Waals surface area contributed by atoms with Crippen LogP contribution >= 0.6 is 0 Å². The molecule has 136 valence electrons. The van der Waals surface area contributed by atoms with Crippen LogP contribution in [0.5, 0.6) is 0 Å². The molecule has 0 aromatic rings. The summed E-state index contributed by atoms with van der Waals surface area (Å²) in [6.45, 7) is 4.28. The SMILES string of the molecule is CCCCCCCCCCCC(=O)OC(CCCCC)C(=O)O. The van der Waals surface area contributed by atoms with E-state index in [1.54, 1.807) is 0 Å². The summed E-state index contributed by atoms with van der Waals surface area (Å²) in [5.41, 5.74) is 0. The molecule has 0 aromatic heterocycles. The number of hydrogen-bond donors (Lipinski definition) is 1. The van der Waals surface area contributed by atoms with E-state index in [-0.39, 0.29) is 5.97 Å². The van der Waals surface area contributed by atoms with Crippen molar-refractivity contribution >= 4 is 11.9 Å². The van der Waals surface area contributed by atoms with E-state index in [9.17, 15) is 9.59 Å². The molecule has 0 radical (unpaired) electrons. The maximum atomic E-state index is 11.7. The Hall–Kier alpha value is -1.06. The van der Waals surface area contributed by atoms with Crippen LogP contribution in [0, 0.1) is 0 Å². The lowest BCUT2D eigenvalue weighted by Gasteiger charge is -2.13. The van der Waals surface area contributed by atoms with Gasteiger partial charge in [-0.15, -0.1) is 0 Å². The van der Waals surface area contributed by atoms with Crippen molar-refractivity contribution in [3.8, 4) is 0 Å². The Kier molecular flexibility index (Phi) is 15.1. The van der Waals surface area contributed by atoms with Gasteiger partial charge in [0.2, 0.25) is 0 Å². The van der Waals surface area contributed by atoms with E-state index in [1.807, 2.05) is 0 Å². The predicted octanol–water partition coefficient (Wildman–Crippen LogP) is 5.48. The lowest BCUT2D eigenvalue weighted by atomic mass is 10.1. The van der Waals surface area contributed by atoms with E-state index in [1.165, 1.54) is 38.5 Å². The number of carboxylic acid groups (broad SMARTS) is 1. The number of carbonyl (C=O) groups excluding carboxylic acids is 1. The lowest BCUT2D eigenvalue weighted by molar-refractivity contribution is -0.164. The fourth-order valence-electron chi connectivity index (χ4n) is 2.61. The minimum absolute atomic E-state index is 0.341. The van der Waals surface area contributed by atoms with E-state index in [2.05, 4.69) is 13.8 Å². The van der Waals surface area contributed by atoms with Gasteiger partial charge in [0.15, 0.2) is 6.10 Å². The average molecular weight is 328 g/mol. The van der Waals surface area contributed by atoms with Crippen molar-refractivity contribution in [2.75, 3.05) is 0 Å². The van der Waals surface area contributed by atoms with Gasteiger partial charge >= 0.3 is 11.9 Å². The molecular weight excluding hydrogens is 292 g/mol. The van der Waals surface area contributed by atoms with Crippen molar-refractivity contribution in [2.24, 2.45) is 0 Å². The molecule has 0 bridgehead atoms. The summed E-state index contributed by atoms with van der Waals surface area (Å²) in [4.78, 5) is 22.8. The van der Waals surface area contributed by atoms with E-state index >= 15 is 0 Å². The van der Waals surface area contributed by atoms with E-state index < -0.39 is 12.1 Å². The Labute approximate surface area is 142 Å². The molecule has 1 atom stereocenters. The van der Waals surface area contributed by atoms with Crippen molar-refractivity contribution < 1.29 is 19.4 Å². The number of carboxylic acids is 1. The van der Waals surface area contributed by atoms with Crippen LogP contribution in [-0.2, 0) is 14.3 Å². The molecule has 4 nitrogen and oxygen atoms in total. The topological polar surface area (TPSA) is 63.6 Å². The van der Waals surface area contributed by atoms with Crippen molar-refractivity contribution in [2.45, 2.75) is 110 Å².